The fraction of sp³-hybridized carbons (Fsp3) is 0.558. The Morgan fingerprint density at radius 2 is 1.65 bits per heavy atom. The van der Waals surface area contributed by atoms with Crippen molar-refractivity contribution in [2.24, 2.45) is 17.8 Å². The summed E-state index contributed by atoms with van der Waals surface area (Å²) in [6.07, 6.45) is 5.01. The van der Waals surface area contributed by atoms with Gasteiger partial charge in [-0.15, -0.1) is 11.3 Å². The largest absolute Gasteiger partial charge is 0.481 e. The van der Waals surface area contributed by atoms with Crippen LogP contribution >= 0.6 is 11.3 Å². The van der Waals surface area contributed by atoms with Crippen LogP contribution in [0.5, 0.6) is 0 Å². The molecule has 2 aromatic carbocycles. The number of thiazole rings is 1. The molecule has 3 aromatic rings. The van der Waals surface area contributed by atoms with Crippen LogP contribution < -0.4 is 10.6 Å². The molecule has 1 fully saturated rings. The van der Waals surface area contributed by atoms with Crippen LogP contribution in [0.2, 0.25) is 0 Å². The molecular weight excluding hydrogens is 715 g/mol. The van der Waals surface area contributed by atoms with Crippen molar-refractivity contribution in [2.75, 3.05) is 27.2 Å². The highest BCUT2D eigenvalue weighted by molar-refractivity contribution is 7.09. The van der Waals surface area contributed by atoms with Crippen molar-refractivity contribution in [2.45, 2.75) is 109 Å². The lowest BCUT2D eigenvalue weighted by atomic mass is 9.91. The molecule has 2 aliphatic rings. The molecular formula is C43H59N5O6S. The summed E-state index contributed by atoms with van der Waals surface area (Å²) in [5.41, 5.74) is 3.69. The van der Waals surface area contributed by atoms with Gasteiger partial charge >= 0.3 is 5.97 Å². The van der Waals surface area contributed by atoms with E-state index in [-0.39, 0.29) is 53.8 Å². The number of hydrogen-bond donors (Lipinski definition) is 3. The van der Waals surface area contributed by atoms with Crippen molar-refractivity contribution < 1.29 is 29.0 Å². The van der Waals surface area contributed by atoms with Gasteiger partial charge in [0.1, 0.15) is 22.8 Å². The Morgan fingerprint density at radius 3 is 2.27 bits per heavy atom. The zero-order chi connectivity index (χ0) is 39.6. The second kappa shape index (κ2) is 19.6. The summed E-state index contributed by atoms with van der Waals surface area (Å²) >= 11 is 1.34. The van der Waals surface area contributed by atoms with Crippen LogP contribution in [0.4, 0.5) is 0 Å². The van der Waals surface area contributed by atoms with E-state index in [2.05, 4.69) is 41.5 Å². The minimum absolute atomic E-state index is 0.0520. The third kappa shape index (κ3) is 11.0. The van der Waals surface area contributed by atoms with Crippen LogP contribution in [0.25, 0.3) is 0 Å². The number of aliphatic carboxylic acids is 1. The Balaban J connectivity index is 1.32. The molecule has 3 N–H and O–H groups in total. The highest BCUT2D eigenvalue weighted by Gasteiger charge is 2.40. The summed E-state index contributed by atoms with van der Waals surface area (Å²) < 4.78 is 6.27. The van der Waals surface area contributed by atoms with Crippen molar-refractivity contribution in [3.8, 4) is 0 Å². The minimum Gasteiger partial charge on any atom is -0.481 e. The first-order valence-electron chi connectivity index (χ1n) is 19.8. The number of nitrogens with zero attached hydrogens (tertiary/aromatic N) is 3. The number of fused-ring (bicyclic) bond motifs is 1. The number of amides is 3. The van der Waals surface area contributed by atoms with Crippen molar-refractivity contribution in [3.63, 3.8) is 0 Å². The van der Waals surface area contributed by atoms with E-state index in [1.54, 1.807) is 17.2 Å². The van der Waals surface area contributed by atoms with Crippen LogP contribution in [0.15, 0.2) is 60.0 Å². The van der Waals surface area contributed by atoms with Gasteiger partial charge in [-0.05, 0) is 87.6 Å². The summed E-state index contributed by atoms with van der Waals surface area (Å²) in [6, 6.07) is 16.4. The summed E-state index contributed by atoms with van der Waals surface area (Å²) in [4.78, 5) is 62.4. The lowest BCUT2D eigenvalue weighted by Gasteiger charge is -2.38. The topological polar surface area (TPSA) is 141 Å². The van der Waals surface area contributed by atoms with Crippen LogP contribution in [0.3, 0.4) is 0 Å². The number of piperidine rings is 1. The van der Waals surface area contributed by atoms with E-state index in [4.69, 9.17) is 9.72 Å². The maximum absolute atomic E-state index is 14.7. The maximum Gasteiger partial charge on any atom is 0.306 e. The Kier molecular flexibility index (Phi) is 15.0. The fourth-order valence-corrected chi connectivity index (χ4v) is 9.06. The average molecular weight is 774 g/mol. The number of carbonyl (C=O) groups is 4. The van der Waals surface area contributed by atoms with Crippen molar-refractivity contribution in [1.29, 1.82) is 0 Å². The molecule has 2 unspecified atom stereocenters. The number of aromatic nitrogens is 1. The van der Waals surface area contributed by atoms with Gasteiger partial charge < -0.3 is 25.4 Å². The number of carboxylic acid groups (broad SMARTS) is 1. The van der Waals surface area contributed by atoms with E-state index in [1.165, 1.54) is 22.5 Å². The molecule has 0 spiro atoms. The molecule has 5 rings (SSSR count). The summed E-state index contributed by atoms with van der Waals surface area (Å²) in [5, 5.41) is 18.2. The SMILES string of the molecule is CCO[C@H](C[C@H](C(C)C)N(C)C(=O)C(NC(=O)C1CCCCN1C)C1Cc2ccccc2C1)c1nc(C(=O)N[C@@H](Cc2ccccc2)C[C@H](C)C(=O)O)cs1. The molecule has 55 heavy (non-hydrogen) atoms. The molecule has 11 nitrogen and oxygen atoms in total. The van der Waals surface area contributed by atoms with Gasteiger partial charge in [-0.3, -0.25) is 24.1 Å². The fourth-order valence-electron chi connectivity index (χ4n) is 8.21. The first-order valence-corrected chi connectivity index (χ1v) is 20.7. The highest BCUT2D eigenvalue weighted by atomic mass is 32.1. The van der Waals surface area contributed by atoms with E-state index >= 15 is 0 Å². The predicted molar refractivity (Wildman–Crippen MR) is 215 cm³/mol. The molecule has 3 amide bonds. The zero-order valence-corrected chi connectivity index (χ0v) is 34.0. The quantitative estimate of drug-likeness (QED) is 0.145. The standard InChI is InChI=1S/C43H59N5O6S/c1-7-54-37(41-45-34(26-55-41)39(49)44-33(21-28(4)43(52)53)22-29-15-9-8-10-16-29)25-36(27(2)3)48(6)42(51)38(32-23-30-17-11-12-18-31(30)24-32)46-40(50)35-19-13-14-20-47(35)5/h8-12,15-18,26-28,32-33,35-38H,7,13-14,19-25H2,1-6H3,(H,44,49)(H,46,50)(H,52,53)/t28-,33+,35?,36+,37+,38?/m0/s1. The Morgan fingerprint density at radius 1 is 0.982 bits per heavy atom. The molecule has 0 bridgehead atoms. The van der Waals surface area contributed by atoms with Gasteiger partial charge in [-0.25, -0.2) is 4.98 Å². The lowest BCUT2D eigenvalue weighted by molar-refractivity contribution is -0.141. The van der Waals surface area contributed by atoms with E-state index in [1.807, 2.05) is 63.5 Å². The average Bonchev–Trinajstić information content (AvgIpc) is 3.84. The second-order valence-electron chi connectivity index (χ2n) is 15.8. The Bertz CT molecular complexity index is 1720. The maximum atomic E-state index is 14.7. The molecule has 1 aromatic heterocycles. The van der Waals surface area contributed by atoms with E-state index in [0.717, 1.165) is 44.2 Å². The van der Waals surface area contributed by atoms with E-state index in [9.17, 15) is 24.3 Å². The van der Waals surface area contributed by atoms with Gasteiger partial charge in [-0.1, -0.05) is 81.8 Å². The Labute approximate surface area is 330 Å². The monoisotopic (exact) mass is 773 g/mol. The van der Waals surface area contributed by atoms with Crippen LogP contribution in [-0.2, 0) is 38.4 Å². The normalized spacial score (nSPS) is 18.9. The van der Waals surface area contributed by atoms with Crippen LogP contribution in [-0.4, -0.2) is 95.0 Å². The molecule has 0 saturated carbocycles. The molecule has 1 saturated heterocycles. The van der Waals surface area contributed by atoms with Gasteiger partial charge in [0, 0.05) is 37.5 Å². The third-order valence-electron chi connectivity index (χ3n) is 11.4. The molecule has 2 heterocycles. The van der Waals surface area contributed by atoms with Gasteiger partial charge in [0.2, 0.25) is 11.8 Å². The molecule has 1 aliphatic heterocycles. The molecule has 0 radical (unpaired) electrons. The van der Waals surface area contributed by atoms with E-state index < -0.39 is 30.1 Å². The van der Waals surface area contributed by atoms with Gasteiger partial charge in [-0.2, -0.15) is 0 Å². The van der Waals surface area contributed by atoms with Gasteiger partial charge in [0.25, 0.3) is 5.91 Å². The number of likely N-dealkylation sites (N-methyl/N-ethyl adjacent to an activating group) is 2. The second-order valence-corrected chi connectivity index (χ2v) is 16.7. The molecule has 298 valence electrons. The van der Waals surface area contributed by atoms with Crippen molar-refractivity contribution in [1.82, 2.24) is 25.4 Å². The zero-order valence-electron chi connectivity index (χ0n) is 33.2. The molecule has 12 heteroatoms. The first kappa shape index (κ1) is 42.0. The first-order chi connectivity index (χ1) is 26.4. The van der Waals surface area contributed by atoms with Crippen LogP contribution in [0, 0.1) is 17.8 Å². The van der Waals surface area contributed by atoms with Crippen molar-refractivity contribution >= 4 is 35.0 Å². The Hall–Kier alpha value is -4.13. The summed E-state index contributed by atoms with van der Waals surface area (Å²) in [6.45, 7) is 8.99. The highest BCUT2D eigenvalue weighted by Crippen LogP contribution is 2.33. The van der Waals surface area contributed by atoms with Crippen LogP contribution in [0.1, 0.15) is 98.1 Å². The number of nitrogens with one attached hydrogen (secondary N) is 2. The summed E-state index contributed by atoms with van der Waals surface area (Å²) in [7, 11) is 3.81. The number of carbonyl (C=O) groups excluding carboxylic acids is 3. The lowest BCUT2D eigenvalue weighted by Crippen LogP contribution is -2.58. The number of rotatable bonds is 18. The third-order valence-corrected chi connectivity index (χ3v) is 12.3. The number of carboxylic acids is 1. The number of benzene rings is 2. The smallest absolute Gasteiger partial charge is 0.306 e. The van der Waals surface area contributed by atoms with Gasteiger partial charge in [0.05, 0.1) is 12.0 Å². The predicted octanol–water partition coefficient (Wildman–Crippen LogP) is 5.93. The van der Waals surface area contributed by atoms with E-state index in [0.29, 0.717) is 24.5 Å². The molecule has 1 aliphatic carbocycles. The number of hydrogen-bond acceptors (Lipinski definition) is 8. The number of likely N-dealkylation sites (tertiary alicyclic amines) is 1. The number of ether oxygens (including phenoxy) is 1. The molecule has 6 atom stereocenters. The summed E-state index contributed by atoms with van der Waals surface area (Å²) in [5.74, 6) is -2.14. The minimum atomic E-state index is -0.912. The van der Waals surface area contributed by atoms with Crippen molar-refractivity contribution in [3.05, 3.63) is 87.4 Å². The van der Waals surface area contributed by atoms with Gasteiger partial charge in [0.15, 0.2) is 0 Å².